The highest BCUT2D eigenvalue weighted by Gasteiger charge is 2.27. The van der Waals surface area contributed by atoms with E-state index in [9.17, 15) is 0 Å². The Bertz CT molecular complexity index is 388. The second-order valence-corrected chi connectivity index (χ2v) is 5.40. The van der Waals surface area contributed by atoms with Gasteiger partial charge in [-0.25, -0.2) is 0 Å². The second-order valence-electron chi connectivity index (χ2n) is 5.40. The van der Waals surface area contributed by atoms with Crippen molar-refractivity contribution >= 4 is 0 Å². The van der Waals surface area contributed by atoms with Gasteiger partial charge in [0.05, 0.1) is 13.2 Å². The lowest BCUT2D eigenvalue weighted by molar-refractivity contribution is 0.0388. The van der Waals surface area contributed by atoms with Crippen LogP contribution in [0, 0.1) is 5.92 Å². The highest BCUT2D eigenvalue weighted by molar-refractivity contribution is 5.36. The molecule has 1 N–H and O–H groups in total. The molecule has 2 unspecified atom stereocenters. The maximum Gasteiger partial charge on any atom is 0.124 e. The van der Waals surface area contributed by atoms with Crippen LogP contribution in [0.25, 0.3) is 0 Å². The first-order valence-electron chi connectivity index (χ1n) is 7.89. The highest BCUT2D eigenvalue weighted by atomic mass is 16.5. The summed E-state index contributed by atoms with van der Waals surface area (Å²) in [5.41, 5.74) is 1.28. The Hall–Kier alpha value is -1.06. The van der Waals surface area contributed by atoms with Crippen LogP contribution in [0.5, 0.6) is 5.75 Å². The molecule has 0 spiro atoms. The van der Waals surface area contributed by atoms with E-state index in [2.05, 4.69) is 43.4 Å². The van der Waals surface area contributed by atoms with Gasteiger partial charge in [0.1, 0.15) is 5.75 Å². The van der Waals surface area contributed by atoms with Gasteiger partial charge in [0.2, 0.25) is 0 Å². The molecule has 0 bridgehead atoms. The third-order valence-electron chi connectivity index (χ3n) is 3.81. The van der Waals surface area contributed by atoms with Crippen molar-refractivity contribution in [2.45, 2.75) is 39.2 Å². The molecule has 1 aromatic rings. The lowest BCUT2D eigenvalue weighted by Gasteiger charge is -2.32. The van der Waals surface area contributed by atoms with Crippen molar-refractivity contribution in [3.63, 3.8) is 0 Å². The van der Waals surface area contributed by atoms with Gasteiger partial charge in [-0.15, -0.1) is 0 Å². The average Bonchev–Trinajstić information content (AvgIpc) is 2.52. The Morgan fingerprint density at radius 3 is 2.90 bits per heavy atom. The molecule has 20 heavy (non-hydrogen) atoms. The number of rotatable bonds is 7. The van der Waals surface area contributed by atoms with Gasteiger partial charge in [-0.3, -0.25) is 0 Å². The smallest absolute Gasteiger partial charge is 0.124 e. The Balaban J connectivity index is 2.18. The van der Waals surface area contributed by atoms with Gasteiger partial charge in [-0.05, 0) is 31.9 Å². The Kier molecular flexibility index (Phi) is 6.34. The SMILES string of the molecule is CCCOc1ccccc1C(NCC)C1CCCOC1. The minimum absolute atomic E-state index is 0.327. The van der Waals surface area contributed by atoms with Crippen LogP contribution in [0.15, 0.2) is 24.3 Å². The Labute approximate surface area is 122 Å². The van der Waals surface area contributed by atoms with Gasteiger partial charge in [0.25, 0.3) is 0 Å². The van der Waals surface area contributed by atoms with E-state index in [1.54, 1.807) is 0 Å². The molecule has 3 nitrogen and oxygen atoms in total. The molecule has 1 aliphatic rings. The molecular weight excluding hydrogens is 250 g/mol. The van der Waals surface area contributed by atoms with E-state index >= 15 is 0 Å². The highest BCUT2D eigenvalue weighted by Crippen LogP contribution is 2.34. The van der Waals surface area contributed by atoms with E-state index < -0.39 is 0 Å². The Morgan fingerprint density at radius 1 is 1.35 bits per heavy atom. The van der Waals surface area contributed by atoms with E-state index in [0.717, 1.165) is 45.0 Å². The van der Waals surface area contributed by atoms with E-state index in [-0.39, 0.29) is 0 Å². The normalized spacial score (nSPS) is 20.6. The van der Waals surface area contributed by atoms with Crippen molar-refractivity contribution < 1.29 is 9.47 Å². The van der Waals surface area contributed by atoms with Crippen LogP contribution in [0.4, 0.5) is 0 Å². The summed E-state index contributed by atoms with van der Waals surface area (Å²) in [7, 11) is 0. The molecule has 112 valence electrons. The molecule has 2 rings (SSSR count). The first-order valence-corrected chi connectivity index (χ1v) is 7.89. The summed E-state index contributed by atoms with van der Waals surface area (Å²) in [5.74, 6) is 1.56. The molecule has 2 atom stereocenters. The predicted octanol–water partition coefficient (Wildman–Crippen LogP) is 3.55. The summed E-state index contributed by atoms with van der Waals surface area (Å²) >= 11 is 0. The van der Waals surface area contributed by atoms with Crippen LogP contribution in [-0.4, -0.2) is 26.4 Å². The van der Waals surface area contributed by atoms with Gasteiger partial charge in [-0.1, -0.05) is 32.0 Å². The van der Waals surface area contributed by atoms with Crippen LogP contribution in [0.1, 0.15) is 44.7 Å². The van der Waals surface area contributed by atoms with E-state index in [1.165, 1.54) is 12.0 Å². The number of hydrogen-bond acceptors (Lipinski definition) is 3. The van der Waals surface area contributed by atoms with Gasteiger partial charge in [-0.2, -0.15) is 0 Å². The second kappa shape index (κ2) is 8.28. The number of nitrogens with one attached hydrogen (secondary N) is 1. The molecule has 1 saturated heterocycles. The third-order valence-corrected chi connectivity index (χ3v) is 3.81. The minimum atomic E-state index is 0.327. The first-order chi connectivity index (χ1) is 9.86. The maximum atomic E-state index is 5.92. The molecule has 1 aliphatic heterocycles. The largest absolute Gasteiger partial charge is 0.493 e. The van der Waals surface area contributed by atoms with Crippen LogP contribution in [0.3, 0.4) is 0 Å². The zero-order chi connectivity index (χ0) is 14.2. The number of ether oxygens (including phenoxy) is 2. The van der Waals surface area contributed by atoms with Crippen molar-refractivity contribution in [3.8, 4) is 5.75 Å². The number of para-hydroxylation sites is 1. The summed E-state index contributed by atoms with van der Waals surface area (Å²) in [5, 5.41) is 3.63. The molecule has 0 amide bonds. The monoisotopic (exact) mass is 277 g/mol. The van der Waals surface area contributed by atoms with Gasteiger partial charge in [0.15, 0.2) is 0 Å². The topological polar surface area (TPSA) is 30.5 Å². The molecule has 0 saturated carbocycles. The summed E-state index contributed by atoms with van der Waals surface area (Å²) in [6.45, 7) is 7.79. The van der Waals surface area contributed by atoms with Gasteiger partial charge in [0, 0.05) is 24.1 Å². The third kappa shape index (κ3) is 3.97. The van der Waals surface area contributed by atoms with Crippen molar-refractivity contribution in [1.82, 2.24) is 5.32 Å². The fraction of sp³-hybridized carbons (Fsp3) is 0.647. The van der Waals surface area contributed by atoms with Gasteiger partial charge < -0.3 is 14.8 Å². The van der Waals surface area contributed by atoms with Crippen molar-refractivity contribution in [2.75, 3.05) is 26.4 Å². The number of benzene rings is 1. The van der Waals surface area contributed by atoms with Crippen LogP contribution in [-0.2, 0) is 4.74 Å². The maximum absolute atomic E-state index is 5.92. The zero-order valence-electron chi connectivity index (χ0n) is 12.7. The van der Waals surface area contributed by atoms with Crippen molar-refractivity contribution in [1.29, 1.82) is 0 Å². The Morgan fingerprint density at radius 2 is 2.20 bits per heavy atom. The fourth-order valence-corrected chi connectivity index (χ4v) is 2.86. The van der Waals surface area contributed by atoms with Crippen molar-refractivity contribution in [3.05, 3.63) is 29.8 Å². The summed E-state index contributed by atoms with van der Waals surface area (Å²) < 4.78 is 11.6. The minimum Gasteiger partial charge on any atom is -0.493 e. The summed E-state index contributed by atoms with van der Waals surface area (Å²) in [6.07, 6.45) is 3.41. The van der Waals surface area contributed by atoms with E-state index in [4.69, 9.17) is 9.47 Å². The van der Waals surface area contributed by atoms with E-state index in [1.807, 2.05) is 0 Å². The summed E-state index contributed by atoms with van der Waals surface area (Å²) in [6, 6.07) is 8.75. The summed E-state index contributed by atoms with van der Waals surface area (Å²) in [4.78, 5) is 0. The zero-order valence-corrected chi connectivity index (χ0v) is 12.7. The molecule has 0 radical (unpaired) electrons. The molecule has 1 fully saturated rings. The first kappa shape index (κ1) is 15.3. The number of hydrogen-bond donors (Lipinski definition) is 1. The average molecular weight is 277 g/mol. The van der Waals surface area contributed by atoms with Gasteiger partial charge >= 0.3 is 0 Å². The van der Waals surface area contributed by atoms with Crippen LogP contribution in [0.2, 0.25) is 0 Å². The lowest BCUT2D eigenvalue weighted by atomic mass is 9.88. The fourth-order valence-electron chi connectivity index (χ4n) is 2.86. The quantitative estimate of drug-likeness (QED) is 0.826. The van der Waals surface area contributed by atoms with Crippen LogP contribution < -0.4 is 10.1 Å². The molecule has 3 heteroatoms. The molecule has 1 aromatic carbocycles. The lowest BCUT2D eigenvalue weighted by Crippen LogP contribution is -2.33. The van der Waals surface area contributed by atoms with E-state index in [0.29, 0.717) is 12.0 Å². The predicted molar refractivity (Wildman–Crippen MR) is 82.2 cm³/mol. The van der Waals surface area contributed by atoms with Crippen molar-refractivity contribution in [2.24, 2.45) is 5.92 Å². The standard InChI is InChI=1S/C17H27NO2/c1-3-11-20-16-10-6-5-9-15(16)17(18-4-2)14-8-7-12-19-13-14/h5-6,9-10,14,17-18H,3-4,7-8,11-13H2,1-2H3. The molecule has 0 aliphatic carbocycles. The molecule has 1 heterocycles. The molecule has 0 aromatic heterocycles. The van der Waals surface area contributed by atoms with Crippen LogP contribution >= 0.6 is 0 Å². The molecular formula is C17H27NO2.